The van der Waals surface area contributed by atoms with Crippen LogP contribution < -0.4 is 16.1 Å². The number of carbonyl (C=O) groups excluding carboxylic acids is 3. The highest BCUT2D eigenvalue weighted by Gasteiger charge is 2.24. The molecule has 39 heavy (non-hydrogen) atoms. The lowest BCUT2D eigenvalue weighted by Crippen LogP contribution is -2.51. The van der Waals surface area contributed by atoms with Gasteiger partial charge in [0.15, 0.2) is 0 Å². The number of fused-ring (bicyclic) bond motifs is 1. The maximum absolute atomic E-state index is 13.9. The van der Waals surface area contributed by atoms with E-state index in [1.54, 1.807) is 25.3 Å². The Hall–Kier alpha value is -3.80. The number of hydrogen-bond donors (Lipinski definition) is 4. The van der Waals surface area contributed by atoms with Crippen molar-refractivity contribution < 1.29 is 28.6 Å². The molecule has 0 aliphatic rings. The zero-order chi connectivity index (χ0) is 28.4. The molecule has 0 bridgehead atoms. The molecule has 0 fully saturated rings. The second-order valence-electron chi connectivity index (χ2n) is 8.92. The zero-order valence-corrected chi connectivity index (χ0v) is 22.4. The number of rotatable bonds is 12. The molecule has 0 aliphatic heterocycles. The number of aliphatic hydroxyl groups excluding tert-OH is 1. The minimum Gasteiger partial charge on any atom is -0.447 e. The van der Waals surface area contributed by atoms with Gasteiger partial charge in [0.25, 0.3) is 0 Å². The smallest absolute Gasteiger partial charge is 0.412 e. The van der Waals surface area contributed by atoms with Gasteiger partial charge in [-0.3, -0.25) is 19.9 Å². The number of ether oxygens (including phenoxy) is 1. The van der Waals surface area contributed by atoms with Crippen LogP contribution in [0.3, 0.4) is 0 Å². The van der Waals surface area contributed by atoms with Crippen molar-refractivity contribution in [3.8, 4) is 0 Å². The molecule has 12 heteroatoms. The summed E-state index contributed by atoms with van der Waals surface area (Å²) >= 11 is 6.04. The first kappa shape index (κ1) is 29.8. The van der Waals surface area contributed by atoms with Crippen LogP contribution in [0, 0.1) is 5.82 Å². The number of anilines is 1. The standard InChI is InChI=1S/C27H31ClFN5O5/c1-17(35)13-31-25(37)11-10-22(34(18(2)36)32-15-21-8-5-9-23(29)26(21)28)16-39-27(38)33-24-12-19-6-3-4-7-20(19)14-30-24/h3-9,12,14,17,22,32,35H,10-11,13,15-16H2,1-2H3,(H,31,37)(H,30,33,38)/t17-,22+/m1/s1. The number of benzene rings is 2. The number of nitrogens with zero attached hydrogens (tertiary/aromatic N) is 2. The first-order valence-corrected chi connectivity index (χ1v) is 12.7. The third-order valence-corrected chi connectivity index (χ3v) is 6.17. The van der Waals surface area contributed by atoms with Crippen molar-refractivity contribution in [3.05, 3.63) is 71.1 Å². The molecule has 2 aromatic carbocycles. The number of halogens is 2. The van der Waals surface area contributed by atoms with E-state index in [4.69, 9.17) is 16.3 Å². The van der Waals surface area contributed by atoms with Gasteiger partial charge in [-0.2, -0.15) is 0 Å². The number of carbonyl (C=O) groups is 3. The van der Waals surface area contributed by atoms with E-state index in [2.05, 4.69) is 21.0 Å². The van der Waals surface area contributed by atoms with Crippen LogP contribution in [-0.2, 0) is 20.9 Å². The molecular weight excluding hydrogens is 529 g/mol. The van der Waals surface area contributed by atoms with E-state index in [0.29, 0.717) is 5.56 Å². The normalized spacial score (nSPS) is 12.4. The Morgan fingerprint density at radius 2 is 1.90 bits per heavy atom. The van der Waals surface area contributed by atoms with Crippen LogP contribution in [0.5, 0.6) is 0 Å². The monoisotopic (exact) mass is 559 g/mol. The zero-order valence-electron chi connectivity index (χ0n) is 21.6. The molecule has 0 radical (unpaired) electrons. The fourth-order valence-electron chi connectivity index (χ4n) is 3.75. The summed E-state index contributed by atoms with van der Waals surface area (Å²) in [5.74, 6) is -1.08. The van der Waals surface area contributed by atoms with Gasteiger partial charge in [0.2, 0.25) is 11.8 Å². The minimum atomic E-state index is -0.794. The van der Waals surface area contributed by atoms with Gasteiger partial charge in [0, 0.05) is 38.0 Å². The number of hydrogen-bond acceptors (Lipinski definition) is 7. The van der Waals surface area contributed by atoms with Gasteiger partial charge in [-0.1, -0.05) is 48.0 Å². The minimum absolute atomic E-state index is 0.00804. The van der Waals surface area contributed by atoms with Gasteiger partial charge >= 0.3 is 6.09 Å². The van der Waals surface area contributed by atoms with E-state index in [-0.39, 0.29) is 49.3 Å². The molecule has 10 nitrogen and oxygen atoms in total. The summed E-state index contributed by atoms with van der Waals surface area (Å²) < 4.78 is 19.3. The molecule has 1 aromatic heterocycles. The lowest BCUT2D eigenvalue weighted by molar-refractivity contribution is -0.137. The number of hydrazine groups is 1. The number of aromatic nitrogens is 1. The third-order valence-electron chi connectivity index (χ3n) is 5.74. The van der Waals surface area contributed by atoms with Crippen molar-refractivity contribution in [2.24, 2.45) is 0 Å². The Morgan fingerprint density at radius 1 is 1.15 bits per heavy atom. The van der Waals surface area contributed by atoms with Crippen LogP contribution in [0.4, 0.5) is 15.0 Å². The Labute approximate surface area is 230 Å². The van der Waals surface area contributed by atoms with E-state index >= 15 is 0 Å². The van der Waals surface area contributed by atoms with Crippen molar-refractivity contribution in [2.45, 2.75) is 45.4 Å². The van der Waals surface area contributed by atoms with Crippen LogP contribution in [0.25, 0.3) is 10.8 Å². The summed E-state index contributed by atoms with van der Waals surface area (Å²) in [6.07, 6.45) is 0.223. The Bertz CT molecular complexity index is 1310. The van der Waals surface area contributed by atoms with E-state index in [9.17, 15) is 23.9 Å². The van der Waals surface area contributed by atoms with Crippen molar-refractivity contribution in [1.29, 1.82) is 0 Å². The number of aliphatic hydroxyl groups is 1. The fraction of sp³-hybridized carbons (Fsp3) is 0.333. The summed E-state index contributed by atoms with van der Waals surface area (Å²) in [5.41, 5.74) is 3.32. The molecule has 3 amide bonds. The molecule has 0 spiro atoms. The van der Waals surface area contributed by atoms with E-state index < -0.39 is 30.0 Å². The second-order valence-corrected chi connectivity index (χ2v) is 9.30. The average molecular weight is 560 g/mol. The summed E-state index contributed by atoms with van der Waals surface area (Å²) in [6.45, 7) is 2.67. The van der Waals surface area contributed by atoms with Gasteiger partial charge in [-0.05, 0) is 36.4 Å². The average Bonchev–Trinajstić information content (AvgIpc) is 2.90. The number of nitrogens with one attached hydrogen (secondary N) is 3. The highest BCUT2D eigenvalue weighted by molar-refractivity contribution is 6.31. The highest BCUT2D eigenvalue weighted by atomic mass is 35.5. The molecule has 0 saturated heterocycles. The predicted molar refractivity (Wildman–Crippen MR) is 145 cm³/mol. The van der Waals surface area contributed by atoms with E-state index in [1.165, 1.54) is 24.1 Å². The lowest BCUT2D eigenvalue weighted by Gasteiger charge is -2.31. The topological polar surface area (TPSA) is 133 Å². The molecule has 0 saturated carbocycles. The van der Waals surface area contributed by atoms with Gasteiger partial charge in [0.1, 0.15) is 18.2 Å². The Morgan fingerprint density at radius 3 is 2.62 bits per heavy atom. The molecule has 2 atom stereocenters. The lowest BCUT2D eigenvalue weighted by atomic mass is 10.1. The third kappa shape index (κ3) is 9.17. The van der Waals surface area contributed by atoms with Crippen LogP contribution in [0.1, 0.15) is 32.3 Å². The molecule has 3 aromatic rings. The maximum atomic E-state index is 13.9. The summed E-state index contributed by atoms with van der Waals surface area (Å²) in [4.78, 5) is 41.6. The number of pyridine rings is 1. The van der Waals surface area contributed by atoms with Crippen LogP contribution >= 0.6 is 11.6 Å². The molecule has 0 aliphatic carbocycles. The van der Waals surface area contributed by atoms with Gasteiger partial charge in [-0.15, -0.1) is 0 Å². The molecular formula is C27H31ClFN5O5. The first-order chi connectivity index (χ1) is 18.6. The molecule has 0 unspecified atom stereocenters. The maximum Gasteiger partial charge on any atom is 0.412 e. The summed E-state index contributed by atoms with van der Waals surface area (Å²) in [5, 5.41) is 17.5. The van der Waals surface area contributed by atoms with E-state index in [0.717, 1.165) is 10.8 Å². The Kier molecular flexibility index (Phi) is 11.0. The van der Waals surface area contributed by atoms with Crippen LogP contribution in [0.2, 0.25) is 5.02 Å². The van der Waals surface area contributed by atoms with Crippen LogP contribution in [-0.4, -0.2) is 58.3 Å². The predicted octanol–water partition coefficient (Wildman–Crippen LogP) is 3.77. The van der Waals surface area contributed by atoms with Crippen molar-refractivity contribution in [1.82, 2.24) is 20.7 Å². The first-order valence-electron chi connectivity index (χ1n) is 12.3. The molecule has 1 heterocycles. The number of amides is 3. The molecule has 208 valence electrons. The van der Waals surface area contributed by atoms with Gasteiger partial charge < -0.3 is 15.2 Å². The van der Waals surface area contributed by atoms with Gasteiger partial charge in [-0.25, -0.2) is 19.6 Å². The Balaban J connectivity index is 1.68. The van der Waals surface area contributed by atoms with Crippen molar-refractivity contribution in [3.63, 3.8) is 0 Å². The highest BCUT2D eigenvalue weighted by Crippen LogP contribution is 2.20. The second kappa shape index (κ2) is 14.4. The van der Waals surface area contributed by atoms with Crippen LogP contribution in [0.15, 0.2) is 54.7 Å². The largest absolute Gasteiger partial charge is 0.447 e. The SMILES string of the molecule is CC(=O)N(NCc1cccc(F)c1Cl)[C@@H](CCC(=O)NC[C@@H](C)O)COC(=O)Nc1cc2ccccc2cn1. The fourth-order valence-corrected chi connectivity index (χ4v) is 3.94. The van der Waals surface area contributed by atoms with E-state index in [1.807, 2.05) is 24.3 Å². The summed E-state index contributed by atoms with van der Waals surface area (Å²) in [6, 6.07) is 12.8. The quantitative estimate of drug-likeness (QED) is 0.248. The van der Waals surface area contributed by atoms with Crippen molar-refractivity contribution in [2.75, 3.05) is 18.5 Å². The summed E-state index contributed by atoms with van der Waals surface area (Å²) in [7, 11) is 0. The molecule has 4 N–H and O–H groups in total. The van der Waals surface area contributed by atoms with Gasteiger partial charge in [0.05, 0.1) is 17.2 Å². The molecule has 3 rings (SSSR count). The van der Waals surface area contributed by atoms with Crippen molar-refractivity contribution >= 4 is 46.1 Å².